The smallest absolute Gasteiger partial charge is 0.368 e. The third-order valence-electron chi connectivity index (χ3n) is 4.83. The minimum atomic E-state index is -3.71. The van der Waals surface area contributed by atoms with Gasteiger partial charge in [0.15, 0.2) is 0 Å². The van der Waals surface area contributed by atoms with Crippen LogP contribution in [0.3, 0.4) is 0 Å². The van der Waals surface area contributed by atoms with Gasteiger partial charge in [0, 0.05) is 71.1 Å². The third-order valence-corrected chi connectivity index (χ3v) is 35.9. The first kappa shape index (κ1) is 44.7. The maximum atomic E-state index is 9.62. The summed E-state index contributed by atoms with van der Waals surface area (Å²) in [4.78, 5) is 13.7. The first-order valence-electron chi connectivity index (χ1n) is 11.6. The van der Waals surface area contributed by atoms with Crippen LogP contribution in [0.2, 0.25) is 78.6 Å². The molecule has 0 fully saturated rings. The van der Waals surface area contributed by atoms with E-state index in [1.54, 1.807) is 0 Å². The van der Waals surface area contributed by atoms with Crippen LogP contribution in [-0.4, -0.2) is 111 Å². The molecule has 0 aromatic carbocycles. The molecule has 0 aromatic rings. The van der Waals surface area contributed by atoms with E-state index in [4.69, 9.17) is 26.2 Å². The molecule has 0 unspecified atom stereocenters. The summed E-state index contributed by atoms with van der Waals surface area (Å²) >= 11 is 0. The molecule has 0 heterocycles. The van der Waals surface area contributed by atoms with Gasteiger partial charge in [-0.1, -0.05) is 78.6 Å². The average molecular weight is 758 g/mol. The molecule has 5 radical (unpaired) electrons. The van der Waals surface area contributed by atoms with Crippen molar-refractivity contribution in [2.45, 2.75) is 78.6 Å². The fourth-order valence-corrected chi connectivity index (χ4v) is 34.1. The Hall–Kier alpha value is 2.65. The SMILES string of the molecule is CO[Si](O)(OC)O[Si](OC)(OC)OC.C[Si](C)[C-]([Si](C)C)[SiH](C)C.C[Si](C)[C-]([Si](C)C)[SiH](C)C.[La]. The molecule has 0 spiro atoms. The summed E-state index contributed by atoms with van der Waals surface area (Å²) in [5.74, 6) is 0. The minimum Gasteiger partial charge on any atom is -0.368 e. The zero-order chi connectivity index (χ0) is 27.9. The first-order valence-corrected chi connectivity index (χ1v) is 30.7. The van der Waals surface area contributed by atoms with Crippen LogP contribution in [0, 0.1) is 45.2 Å². The van der Waals surface area contributed by atoms with Crippen molar-refractivity contribution in [3.63, 3.8) is 0 Å². The normalized spacial score (nSPS) is 12.5. The van der Waals surface area contributed by atoms with E-state index in [2.05, 4.69) is 78.6 Å². The molecule has 0 aliphatic heterocycles. The van der Waals surface area contributed by atoms with Crippen LogP contribution < -0.4 is 0 Å². The van der Waals surface area contributed by atoms with Gasteiger partial charge in [0.25, 0.3) is 0 Å². The second-order valence-electron chi connectivity index (χ2n) is 9.28. The molecule has 0 amide bonds. The molecular weight excluding hydrogens is 704 g/mol. The van der Waals surface area contributed by atoms with Gasteiger partial charge in [-0.15, -0.1) is 52.8 Å². The van der Waals surface area contributed by atoms with E-state index >= 15 is 0 Å². The van der Waals surface area contributed by atoms with Gasteiger partial charge in [0.2, 0.25) is 0 Å². The van der Waals surface area contributed by atoms with Gasteiger partial charge in [-0.3, -0.25) is 0 Å². The molecule has 0 saturated carbocycles. The van der Waals surface area contributed by atoms with Gasteiger partial charge in [0.05, 0.1) is 0 Å². The molecule has 0 rings (SSSR count). The zero-order valence-electron chi connectivity index (χ0n) is 25.6. The van der Waals surface area contributed by atoms with Crippen LogP contribution in [0.1, 0.15) is 0 Å². The van der Waals surface area contributed by atoms with Crippen LogP contribution in [0.5, 0.6) is 0 Å². The van der Waals surface area contributed by atoms with E-state index in [1.165, 1.54) is 35.5 Å². The van der Waals surface area contributed by atoms with Crippen LogP contribution in [0.15, 0.2) is 0 Å². The monoisotopic (exact) mass is 757 g/mol. The number of rotatable bonds is 13. The van der Waals surface area contributed by atoms with Crippen LogP contribution in [0.4, 0.5) is 0 Å². The predicted octanol–water partition coefficient (Wildman–Crippen LogP) is 3.45. The van der Waals surface area contributed by atoms with Crippen molar-refractivity contribution >= 4 is 70.9 Å². The molecule has 0 aliphatic rings. The van der Waals surface area contributed by atoms with Crippen molar-refractivity contribution in [2.24, 2.45) is 0 Å². The average Bonchev–Trinajstić information content (AvgIpc) is 2.71. The van der Waals surface area contributed by atoms with Crippen molar-refractivity contribution in [2.75, 3.05) is 35.5 Å². The summed E-state index contributed by atoms with van der Waals surface area (Å²) in [5.41, 5.74) is 0. The summed E-state index contributed by atoms with van der Waals surface area (Å²) in [6, 6.07) is 0. The zero-order valence-corrected chi connectivity index (χ0v) is 37.6. The van der Waals surface area contributed by atoms with E-state index in [0.717, 1.165) is 0 Å². The maximum absolute atomic E-state index is 9.62. The Morgan fingerprint density at radius 1 is 0.543 bits per heavy atom. The Morgan fingerprint density at radius 2 is 0.771 bits per heavy atom. The van der Waals surface area contributed by atoms with Crippen molar-refractivity contribution in [3.05, 3.63) is 9.58 Å². The summed E-state index contributed by atoms with van der Waals surface area (Å²) in [5, 5.41) is 0. The van der Waals surface area contributed by atoms with E-state index in [0.29, 0.717) is 0 Å². The Balaban J connectivity index is -0.000000208. The molecule has 16 heteroatoms. The van der Waals surface area contributed by atoms with Gasteiger partial charge < -0.3 is 40.6 Å². The van der Waals surface area contributed by atoms with E-state index in [9.17, 15) is 4.80 Å². The van der Waals surface area contributed by atoms with Crippen LogP contribution >= 0.6 is 0 Å². The van der Waals surface area contributed by atoms with Gasteiger partial charge in [0.1, 0.15) is 0 Å². The largest absolute Gasteiger partial charge is 0.673 e. The first-order chi connectivity index (χ1) is 15.4. The fraction of sp³-hybridized carbons (Fsp3) is 0.895. The third kappa shape index (κ3) is 19.4. The molecule has 0 aromatic heterocycles. The van der Waals surface area contributed by atoms with Gasteiger partial charge in [-0.2, -0.15) is 0 Å². The molecule has 0 aliphatic carbocycles. The molecule has 0 saturated heterocycles. The van der Waals surface area contributed by atoms with Crippen molar-refractivity contribution in [3.8, 4) is 0 Å². The Bertz CT molecular complexity index is 414. The van der Waals surface area contributed by atoms with Crippen LogP contribution in [0.25, 0.3) is 0 Å². The van der Waals surface area contributed by atoms with E-state index < -0.39 is 35.7 Å². The molecule has 1 N–H and O–H groups in total. The van der Waals surface area contributed by atoms with Crippen molar-refractivity contribution in [1.82, 2.24) is 0 Å². The second kappa shape index (κ2) is 23.4. The van der Waals surface area contributed by atoms with E-state index in [-0.39, 0.29) is 70.8 Å². The summed E-state index contributed by atoms with van der Waals surface area (Å²) < 4.78 is 29.2. The van der Waals surface area contributed by atoms with Gasteiger partial charge in [-0.05, 0) is 0 Å². The Labute approximate surface area is 259 Å². The molecule has 7 nitrogen and oxygen atoms in total. The quantitative estimate of drug-likeness (QED) is 0.228. The summed E-state index contributed by atoms with van der Waals surface area (Å²) in [7, 11) is -1.46. The fourth-order valence-electron chi connectivity index (χ4n) is 4.01. The van der Waals surface area contributed by atoms with Gasteiger partial charge >= 0.3 is 18.1 Å². The minimum absolute atomic E-state index is 0. The van der Waals surface area contributed by atoms with Crippen LogP contribution in [-0.2, 0) is 26.2 Å². The molecular formula is C19H54LaO7Si8-2. The number of hydrogen-bond acceptors (Lipinski definition) is 7. The molecule has 0 atom stereocenters. The summed E-state index contributed by atoms with van der Waals surface area (Å²) in [6.45, 7) is 29.5. The predicted molar refractivity (Wildman–Crippen MR) is 164 cm³/mol. The Morgan fingerprint density at radius 3 is 0.857 bits per heavy atom. The summed E-state index contributed by atoms with van der Waals surface area (Å²) in [6.07, 6.45) is 0. The molecule has 209 valence electrons. The van der Waals surface area contributed by atoms with Crippen molar-refractivity contribution in [1.29, 1.82) is 0 Å². The molecule has 0 bridgehead atoms. The topological polar surface area (TPSA) is 75.6 Å². The maximum Gasteiger partial charge on any atom is 0.673 e. The number of hydrogen-bond donors (Lipinski definition) is 1. The van der Waals surface area contributed by atoms with Gasteiger partial charge in [-0.25, -0.2) is 0 Å². The molecule has 35 heavy (non-hydrogen) atoms. The van der Waals surface area contributed by atoms with Crippen molar-refractivity contribution < 1.29 is 66.6 Å². The Kier molecular flexibility index (Phi) is 29.8. The van der Waals surface area contributed by atoms with E-state index in [1.807, 2.05) is 9.58 Å². The standard InChI is InChI=1S/2C7H19Si3.C5H16O7Si2.La/c2*1-8(2)7(9(3)4)10(5)6;1-7-13(6,8-2)12-14(9-3,10-4)11-5;/h2*8H,1-6H3;6H,1-5H3;/q2*-1;;. The second-order valence-corrected chi connectivity index (χ2v) is 33.4.